The van der Waals surface area contributed by atoms with Crippen LogP contribution in [0, 0.1) is 18.8 Å². The molecule has 0 N–H and O–H groups in total. The molecule has 0 spiro atoms. The van der Waals surface area contributed by atoms with Crippen molar-refractivity contribution in [1.29, 1.82) is 0 Å². The molecule has 0 aliphatic carbocycles. The van der Waals surface area contributed by atoms with Crippen molar-refractivity contribution < 1.29 is 127 Å². The van der Waals surface area contributed by atoms with Crippen molar-refractivity contribution in [2.75, 3.05) is 18.5 Å². The van der Waals surface area contributed by atoms with E-state index in [1.165, 1.54) is 28.7 Å². The van der Waals surface area contributed by atoms with Gasteiger partial charge < -0.3 is 21.7 Å². The number of hydrogen-bond donors (Lipinski definition) is 0. The summed E-state index contributed by atoms with van der Waals surface area (Å²) in [7, 11) is 0. The molecule has 0 amide bonds. The van der Waals surface area contributed by atoms with Crippen molar-refractivity contribution in [3.05, 3.63) is 32.2 Å². The summed E-state index contributed by atoms with van der Waals surface area (Å²) >= 11 is 4.18. The van der Waals surface area contributed by atoms with Crippen LogP contribution >= 0.6 is 55.5 Å². The maximum Gasteiger partial charge on any atom is 2.00 e. The summed E-state index contributed by atoms with van der Waals surface area (Å²) in [5.41, 5.74) is -21.9. The largest absolute Gasteiger partial charge is 2.00 e. The number of allylic oxidation sites excluding steroid dienone is 2. The third-order valence-corrected chi connectivity index (χ3v) is 9.69. The Labute approximate surface area is 453 Å². The van der Waals surface area contributed by atoms with E-state index in [2.05, 4.69) is 36.0 Å². The van der Waals surface area contributed by atoms with Crippen molar-refractivity contribution in [2.24, 2.45) is 11.8 Å². The Morgan fingerprint density at radius 1 is 0.500 bits per heavy atom. The van der Waals surface area contributed by atoms with Gasteiger partial charge in [0.2, 0.25) is 0 Å². The monoisotopic (exact) mass is 1400 g/mol. The van der Waals surface area contributed by atoms with Crippen LogP contribution in [-0.4, -0.2) is 117 Å². The van der Waals surface area contributed by atoms with Crippen LogP contribution in [0.15, 0.2) is 25.3 Å². The summed E-state index contributed by atoms with van der Waals surface area (Å²) in [6.07, 6.45) is -41.6. The van der Waals surface area contributed by atoms with Gasteiger partial charge >= 0.3 is 60.1 Å². The summed E-state index contributed by atoms with van der Waals surface area (Å²) in [5.74, 6) is -2.82. The van der Waals surface area contributed by atoms with E-state index in [1.54, 1.807) is 0 Å². The zero-order chi connectivity index (χ0) is 55.3. The van der Waals surface area contributed by atoms with Gasteiger partial charge in [0.05, 0.1) is 0 Å². The van der Waals surface area contributed by atoms with Crippen molar-refractivity contribution in [2.45, 2.75) is 188 Å². The van der Waals surface area contributed by atoms with Gasteiger partial charge in [0.15, 0.2) is 0 Å². The molecule has 1 nitrogen and oxygen atoms in total. The van der Waals surface area contributed by atoms with Crippen LogP contribution in [0.1, 0.15) is 113 Å². The fourth-order valence-corrected chi connectivity index (χ4v) is 7.55. The summed E-state index contributed by atoms with van der Waals surface area (Å²) < 4.78 is 307. The molecule has 0 bridgehead atoms. The normalized spacial score (nSPS) is 14.5. The Hall–Kier alpha value is 0.566. The van der Waals surface area contributed by atoms with Crippen LogP contribution in [0.4, 0.5) is 105 Å². The molecule has 0 rings (SSSR count). The van der Waals surface area contributed by atoms with Crippen molar-refractivity contribution in [3.8, 4) is 0 Å². The first kappa shape index (κ1) is 87.2. The molecule has 0 saturated heterocycles. The molecular weight excluding hydrogens is 1340 g/mol. The van der Waals surface area contributed by atoms with Gasteiger partial charge in [-0.1, -0.05) is 44.6 Å². The van der Waals surface area contributed by atoms with E-state index in [0.29, 0.717) is 5.33 Å². The molecule has 3 unspecified atom stereocenters. The molecule has 0 heterocycles. The average Bonchev–Trinajstić information content (AvgIpc) is 3.03. The predicted molar refractivity (Wildman–Crippen MR) is 238 cm³/mol. The zero-order valence-electron chi connectivity index (χ0n) is 39.2. The first-order valence-electron chi connectivity index (χ1n) is 19.5. The first-order valence-corrected chi connectivity index (χ1v) is 21.9. The van der Waals surface area contributed by atoms with Gasteiger partial charge in [0.1, 0.15) is 17.0 Å². The van der Waals surface area contributed by atoms with Crippen LogP contribution in [0.3, 0.4) is 0 Å². The Balaban J connectivity index is -0.000000125. The fraction of sp³-hybridized carbons (Fsp3) is 0.875. The molecule has 0 radical (unpaired) electrons. The molecule has 0 aromatic carbocycles. The molecule has 0 aromatic rings. The number of hydrogen-bond acceptors (Lipinski definition) is 1. The maximum absolute atomic E-state index is 13.7. The molecule has 3 atom stereocenters. The second kappa shape index (κ2) is 35.1. The minimum absolute atomic E-state index is 0. The minimum atomic E-state index is -6.11. The quantitative estimate of drug-likeness (QED) is 0.0313. The molecule has 424 valence electrons. The van der Waals surface area contributed by atoms with Crippen molar-refractivity contribution in [3.63, 3.8) is 0 Å². The summed E-state index contributed by atoms with van der Waals surface area (Å²) in [6, 6.07) is 0. The third kappa shape index (κ3) is 35.8. The second-order valence-corrected chi connectivity index (χ2v) is 19.1. The van der Waals surface area contributed by atoms with Crippen LogP contribution < -0.4 is 17.0 Å². The first-order chi connectivity index (χ1) is 29.2. The molecule has 0 saturated carbocycles. The molecule has 0 aromatic heterocycles. The summed E-state index contributed by atoms with van der Waals surface area (Å²) in [6.45, 7) is 21.4. The molecule has 0 aliphatic heterocycles. The molecular formula is C40H60Br3F24IMgO. The SMILES string of the molecule is Br.C=CCC(CC(C)(C)F)CC(F)(C(F)(F)F)C(F)(F)F.C=C[CH2-].CC(C)(F)CC(CCCBr)CC(F)(C(F)(F)F)C(F)(F)F.CC(C)(F)CC(I)CC(F)(C(F)(F)F)C(F)(F)F.CCOCC.[Br-].[Mg+2]. The van der Waals surface area contributed by atoms with Gasteiger partial charge in [-0.15, -0.1) is 23.6 Å². The molecule has 0 aliphatic rings. The Kier molecular flexibility index (Phi) is 43.7. The Morgan fingerprint density at radius 2 is 0.743 bits per heavy atom. The van der Waals surface area contributed by atoms with E-state index < -0.39 is 125 Å². The Bertz CT molecular complexity index is 1290. The van der Waals surface area contributed by atoms with Crippen LogP contribution in [0.25, 0.3) is 0 Å². The van der Waals surface area contributed by atoms with Gasteiger partial charge in [-0.05, 0) is 106 Å². The predicted octanol–water partition coefficient (Wildman–Crippen LogP) is 16.1. The summed E-state index contributed by atoms with van der Waals surface area (Å²) in [5, 5.41) is 0.327. The van der Waals surface area contributed by atoms with Gasteiger partial charge in [0, 0.05) is 41.7 Å². The van der Waals surface area contributed by atoms with E-state index in [0.717, 1.165) is 60.8 Å². The average molecular weight is 1400 g/mol. The fourth-order valence-electron chi connectivity index (χ4n) is 5.57. The van der Waals surface area contributed by atoms with E-state index in [1.807, 2.05) is 13.8 Å². The van der Waals surface area contributed by atoms with E-state index in [-0.39, 0.29) is 76.3 Å². The smallest absolute Gasteiger partial charge is 1.00 e. The molecule has 0 fully saturated rings. The maximum atomic E-state index is 13.7. The number of ether oxygens (including phenoxy) is 1. The number of alkyl halides is 26. The number of rotatable bonds is 19. The van der Waals surface area contributed by atoms with E-state index >= 15 is 0 Å². The van der Waals surface area contributed by atoms with Crippen molar-refractivity contribution >= 4 is 78.6 Å². The van der Waals surface area contributed by atoms with Crippen LogP contribution in [-0.2, 0) is 4.74 Å². The van der Waals surface area contributed by atoms with Gasteiger partial charge in [-0.25, -0.2) is 45.9 Å². The summed E-state index contributed by atoms with van der Waals surface area (Å²) in [4.78, 5) is 0. The van der Waals surface area contributed by atoms with E-state index in [4.69, 9.17) is 4.74 Å². The topological polar surface area (TPSA) is 9.23 Å². The minimum Gasteiger partial charge on any atom is -1.00 e. The second-order valence-electron chi connectivity index (χ2n) is 16.5. The Morgan fingerprint density at radius 3 is 0.943 bits per heavy atom. The third-order valence-electron chi connectivity index (χ3n) is 8.25. The van der Waals surface area contributed by atoms with E-state index in [9.17, 15) is 105 Å². The standard InChI is InChI=1S/C12H17BrF8.C12H16F8.C9H11F8I.C4H10O.C3H5.2BrH.Mg/c1-9(2,14)6-8(4-3-5-13)7-10(15,11(16,17)18)12(19,20)21;1-4-5-8(6-9(2,3)13)7-10(14,11(15,16)17)12(18,19)20;1-6(2,10)3-5(18)4-7(11,8(12,13)14)9(15,16)17;1-3-5-4-2;1-3-2;;;/h8H,3-7H2,1-2H3;4,8H,1,5-7H2,2-3H3;5H,3-4H2,1-2H3;3-4H2,1-2H3;3H,1-2H2;2*1H;/q;;;;-1;;;+2/p-1. The van der Waals surface area contributed by atoms with Crippen LogP contribution in [0.5, 0.6) is 0 Å². The van der Waals surface area contributed by atoms with Gasteiger partial charge in [0.25, 0.3) is 17.0 Å². The molecule has 70 heavy (non-hydrogen) atoms. The van der Waals surface area contributed by atoms with Crippen molar-refractivity contribution in [1.82, 2.24) is 0 Å². The zero-order valence-corrected chi connectivity index (χ0v) is 47.7. The van der Waals surface area contributed by atoms with Crippen LogP contribution in [0.2, 0.25) is 0 Å². The molecule has 30 heteroatoms. The van der Waals surface area contributed by atoms with Gasteiger partial charge in [-0.3, -0.25) is 0 Å². The van der Waals surface area contributed by atoms with Gasteiger partial charge in [-0.2, -0.15) is 79.0 Å². The number of halogens is 28.